The molecule has 106 valence electrons. The molecule has 1 aliphatic rings. The third-order valence-corrected chi connectivity index (χ3v) is 4.38. The van der Waals surface area contributed by atoms with Crippen molar-refractivity contribution in [1.82, 2.24) is 10.2 Å². The average Bonchev–Trinajstić information content (AvgIpc) is 2.40. The molecule has 0 aromatic heterocycles. The molecule has 0 atom stereocenters. The molecule has 1 heterocycles. The zero-order chi connectivity index (χ0) is 13.7. The van der Waals surface area contributed by atoms with Crippen molar-refractivity contribution >= 4 is 23.2 Å². The van der Waals surface area contributed by atoms with E-state index in [0.29, 0.717) is 11.1 Å². The first-order valence-electron chi connectivity index (χ1n) is 7.08. The van der Waals surface area contributed by atoms with Crippen molar-refractivity contribution in [2.45, 2.75) is 32.2 Å². The fraction of sp³-hybridized carbons (Fsp3) is 0.600. The van der Waals surface area contributed by atoms with Gasteiger partial charge in [0.2, 0.25) is 0 Å². The number of hydrogen-bond donors (Lipinski definition) is 1. The Kier molecular flexibility index (Phi) is 5.96. The van der Waals surface area contributed by atoms with E-state index in [1.807, 2.05) is 18.2 Å². The van der Waals surface area contributed by atoms with Gasteiger partial charge in [0.15, 0.2) is 0 Å². The third-order valence-electron chi connectivity index (χ3n) is 3.79. The van der Waals surface area contributed by atoms with Gasteiger partial charge in [-0.15, -0.1) is 0 Å². The Bertz CT molecular complexity index is 401. The number of rotatable bonds is 5. The second-order valence-corrected chi connectivity index (χ2v) is 6.00. The Morgan fingerprint density at radius 2 is 2.00 bits per heavy atom. The van der Waals surface area contributed by atoms with Crippen LogP contribution in [0.1, 0.15) is 25.3 Å². The number of nitrogens with one attached hydrogen (secondary N) is 1. The van der Waals surface area contributed by atoms with Gasteiger partial charge >= 0.3 is 0 Å². The number of halogens is 2. The van der Waals surface area contributed by atoms with Crippen LogP contribution in [0.5, 0.6) is 0 Å². The number of hydrogen-bond acceptors (Lipinski definition) is 2. The van der Waals surface area contributed by atoms with Gasteiger partial charge in [-0.05, 0) is 56.6 Å². The Morgan fingerprint density at radius 1 is 1.26 bits per heavy atom. The van der Waals surface area contributed by atoms with Crippen LogP contribution in [0.15, 0.2) is 18.2 Å². The van der Waals surface area contributed by atoms with Crippen molar-refractivity contribution in [3.05, 3.63) is 33.8 Å². The normalized spacial score (nSPS) is 17.8. The van der Waals surface area contributed by atoms with Crippen LogP contribution >= 0.6 is 23.2 Å². The van der Waals surface area contributed by atoms with E-state index in [1.54, 1.807) is 0 Å². The Morgan fingerprint density at radius 3 is 2.63 bits per heavy atom. The standard InChI is InChI=1S/C15H22Cl2N2/c1-2-18-14-6-9-19(10-7-14)8-5-12-3-4-13(16)11-15(12)17/h3-4,11,14,18H,2,5-10H2,1H3. The summed E-state index contributed by atoms with van der Waals surface area (Å²) in [5.74, 6) is 0. The van der Waals surface area contributed by atoms with Crippen LogP contribution in [-0.2, 0) is 6.42 Å². The SMILES string of the molecule is CCNC1CCN(CCc2ccc(Cl)cc2Cl)CC1. The van der Waals surface area contributed by atoms with E-state index in [4.69, 9.17) is 23.2 Å². The largest absolute Gasteiger partial charge is 0.314 e. The lowest BCUT2D eigenvalue weighted by atomic mass is 10.0. The highest BCUT2D eigenvalue weighted by atomic mass is 35.5. The lowest BCUT2D eigenvalue weighted by Crippen LogP contribution is -2.43. The fourth-order valence-corrected chi connectivity index (χ4v) is 3.16. The van der Waals surface area contributed by atoms with Gasteiger partial charge < -0.3 is 10.2 Å². The Labute approximate surface area is 126 Å². The molecule has 0 aliphatic carbocycles. The molecule has 0 spiro atoms. The van der Waals surface area contributed by atoms with Crippen LogP contribution in [0.3, 0.4) is 0 Å². The number of nitrogens with zero attached hydrogens (tertiary/aromatic N) is 1. The van der Waals surface area contributed by atoms with E-state index < -0.39 is 0 Å². The highest BCUT2D eigenvalue weighted by Gasteiger charge is 2.17. The van der Waals surface area contributed by atoms with E-state index in [9.17, 15) is 0 Å². The molecule has 0 saturated carbocycles. The lowest BCUT2D eigenvalue weighted by molar-refractivity contribution is 0.201. The number of piperidine rings is 1. The van der Waals surface area contributed by atoms with Crippen molar-refractivity contribution in [3.8, 4) is 0 Å². The summed E-state index contributed by atoms with van der Waals surface area (Å²) in [6, 6.07) is 6.49. The molecular formula is C15H22Cl2N2. The molecule has 0 amide bonds. The van der Waals surface area contributed by atoms with Crippen LogP contribution in [0, 0.1) is 0 Å². The maximum atomic E-state index is 6.20. The van der Waals surface area contributed by atoms with E-state index in [1.165, 1.54) is 31.5 Å². The molecule has 2 nitrogen and oxygen atoms in total. The van der Waals surface area contributed by atoms with Crippen molar-refractivity contribution in [1.29, 1.82) is 0 Å². The second kappa shape index (κ2) is 7.49. The zero-order valence-corrected chi connectivity index (χ0v) is 13.0. The summed E-state index contributed by atoms with van der Waals surface area (Å²) in [5, 5.41) is 5.03. The van der Waals surface area contributed by atoms with Gasteiger partial charge in [0.1, 0.15) is 0 Å². The molecule has 2 rings (SSSR count). The van der Waals surface area contributed by atoms with Crippen LogP contribution in [-0.4, -0.2) is 37.1 Å². The summed E-state index contributed by atoms with van der Waals surface area (Å²) >= 11 is 12.1. The van der Waals surface area contributed by atoms with Gasteiger partial charge in [0.05, 0.1) is 0 Å². The summed E-state index contributed by atoms with van der Waals surface area (Å²) in [6.07, 6.45) is 3.51. The van der Waals surface area contributed by atoms with E-state index in [0.717, 1.165) is 24.5 Å². The fourth-order valence-electron chi connectivity index (χ4n) is 2.65. The quantitative estimate of drug-likeness (QED) is 0.894. The van der Waals surface area contributed by atoms with Gasteiger partial charge in [-0.25, -0.2) is 0 Å². The molecule has 0 unspecified atom stereocenters. The monoisotopic (exact) mass is 300 g/mol. The maximum absolute atomic E-state index is 6.20. The van der Waals surface area contributed by atoms with Gasteiger partial charge in [-0.1, -0.05) is 36.2 Å². The minimum absolute atomic E-state index is 0.709. The molecule has 4 heteroatoms. The highest BCUT2D eigenvalue weighted by Crippen LogP contribution is 2.22. The molecule has 1 aromatic rings. The molecule has 1 fully saturated rings. The molecule has 0 bridgehead atoms. The second-order valence-electron chi connectivity index (χ2n) is 5.16. The molecular weight excluding hydrogens is 279 g/mol. The summed E-state index contributed by atoms with van der Waals surface area (Å²) in [5.41, 5.74) is 1.19. The third kappa shape index (κ3) is 4.64. The maximum Gasteiger partial charge on any atom is 0.0453 e. The highest BCUT2D eigenvalue weighted by molar-refractivity contribution is 6.35. The Balaban J connectivity index is 1.77. The Hall–Kier alpha value is -0.280. The minimum Gasteiger partial charge on any atom is -0.314 e. The van der Waals surface area contributed by atoms with Gasteiger partial charge in [-0.3, -0.25) is 0 Å². The van der Waals surface area contributed by atoms with Gasteiger partial charge in [0, 0.05) is 22.6 Å². The summed E-state index contributed by atoms with van der Waals surface area (Å²) < 4.78 is 0. The summed E-state index contributed by atoms with van der Waals surface area (Å²) in [7, 11) is 0. The molecule has 1 saturated heterocycles. The zero-order valence-electron chi connectivity index (χ0n) is 11.5. The summed E-state index contributed by atoms with van der Waals surface area (Å²) in [4.78, 5) is 2.53. The van der Waals surface area contributed by atoms with Crippen molar-refractivity contribution in [2.24, 2.45) is 0 Å². The van der Waals surface area contributed by atoms with Gasteiger partial charge in [-0.2, -0.15) is 0 Å². The van der Waals surface area contributed by atoms with Crippen LogP contribution in [0.2, 0.25) is 10.0 Å². The summed E-state index contributed by atoms with van der Waals surface area (Å²) in [6.45, 7) is 6.70. The van der Waals surface area contributed by atoms with E-state index >= 15 is 0 Å². The van der Waals surface area contributed by atoms with Crippen molar-refractivity contribution in [2.75, 3.05) is 26.2 Å². The first kappa shape index (κ1) is 15.1. The number of likely N-dealkylation sites (tertiary alicyclic amines) is 1. The van der Waals surface area contributed by atoms with E-state index in [-0.39, 0.29) is 0 Å². The van der Waals surface area contributed by atoms with Crippen molar-refractivity contribution < 1.29 is 0 Å². The van der Waals surface area contributed by atoms with E-state index in [2.05, 4.69) is 17.1 Å². The molecule has 1 aromatic carbocycles. The molecule has 19 heavy (non-hydrogen) atoms. The predicted molar refractivity (Wildman–Crippen MR) is 83.3 cm³/mol. The molecule has 0 radical (unpaired) electrons. The van der Waals surface area contributed by atoms with Crippen LogP contribution < -0.4 is 5.32 Å². The smallest absolute Gasteiger partial charge is 0.0453 e. The predicted octanol–water partition coefficient (Wildman–Crippen LogP) is 3.61. The molecule has 1 N–H and O–H groups in total. The molecule has 1 aliphatic heterocycles. The van der Waals surface area contributed by atoms with Crippen molar-refractivity contribution in [3.63, 3.8) is 0 Å². The van der Waals surface area contributed by atoms with Gasteiger partial charge in [0.25, 0.3) is 0 Å². The average molecular weight is 301 g/mol. The first-order valence-corrected chi connectivity index (χ1v) is 7.84. The minimum atomic E-state index is 0.709. The van der Waals surface area contributed by atoms with Crippen LogP contribution in [0.25, 0.3) is 0 Å². The number of benzene rings is 1. The lowest BCUT2D eigenvalue weighted by Gasteiger charge is -2.32. The topological polar surface area (TPSA) is 15.3 Å². The van der Waals surface area contributed by atoms with Crippen LogP contribution in [0.4, 0.5) is 0 Å². The first-order chi connectivity index (χ1) is 9.19.